The first-order valence-corrected chi connectivity index (χ1v) is 9.43. The summed E-state index contributed by atoms with van der Waals surface area (Å²) in [7, 11) is 1.83. The highest BCUT2D eigenvalue weighted by atomic mass is 19.1. The van der Waals surface area contributed by atoms with E-state index in [0.717, 1.165) is 31.5 Å². The maximum absolute atomic E-state index is 14.1. The molecule has 1 aliphatic heterocycles. The quantitative estimate of drug-likeness (QED) is 0.512. The maximum atomic E-state index is 14.1. The fourth-order valence-corrected chi connectivity index (χ4v) is 3.24. The molecule has 1 aliphatic rings. The topological polar surface area (TPSA) is 98.9 Å². The summed E-state index contributed by atoms with van der Waals surface area (Å²) in [5.41, 5.74) is 14.3. The minimum atomic E-state index is -0.488. The molecule has 3 aromatic rings. The average molecular weight is 391 g/mol. The number of aryl methyl sites for hydroxylation is 1. The lowest BCUT2D eigenvalue weighted by Crippen LogP contribution is -2.40. The lowest BCUT2D eigenvalue weighted by atomic mass is 10.1. The molecule has 4 N–H and O–H groups in total. The zero-order valence-electron chi connectivity index (χ0n) is 16.1. The van der Waals surface area contributed by atoms with E-state index in [1.807, 2.05) is 13.2 Å². The first-order valence-electron chi connectivity index (χ1n) is 9.43. The third kappa shape index (κ3) is 4.20. The molecule has 0 amide bonds. The Labute approximate surface area is 168 Å². The van der Waals surface area contributed by atoms with Gasteiger partial charge in [-0.05, 0) is 25.0 Å². The molecule has 1 aromatic carbocycles. The van der Waals surface area contributed by atoms with Crippen LogP contribution in [-0.4, -0.2) is 38.9 Å². The van der Waals surface area contributed by atoms with Gasteiger partial charge in [0.1, 0.15) is 5.82 Å². The Morgan fingerprint density at radius 1 is 1.17 bits per heavy atom. The highest BCUT2D eigenvalue weighted by molar-refractivity contribution is 5.70. The molecule has 4 rings (SSSR count). The van der Waals surface area contributed by atoms with Crippen molar-refractivity contribution in [1.29, 1.82) is 0 Å². The van der Waals surface area contributed by atoms with Crippen molar-refractivity contribution in [1.82, 2.24) is 19.7 Å². The van der Waals surface area contributed by atoms with Crippen LogP contribution in [0.25, 0.3) is 11.3 Å². The molecule has 0 atom stereocenters. The molecule has 2 aromatic heterocycles. The minimum Gasteiger partial charge on any atom is -0.396 e. The Balaban J connectivity index is 1.75. The van der Waals surface area contributed by atoms with Crippen LogP contribution in [0.2, 0.25) is 0 Å². The molecule has 1 fully saturated rings. The van der Waals surface area contributed by atoms with Gasteiger partial charge in [-0.2, -0.15) is 5.10 Å². The molecule has 0 saturated carbocycles. The van der Waals surface area contributed by atoms with Crippen molar-refractivity contribution in [2.24, 2.45) is 12.8 Å². The molecule has 7 nitrogen and oxygen atoms in total. The van der Waals surface area contributed by atoms with Crippen LogP contribution in [0, 0.1) is 17.7 Å². The third-order valence-corrected chi connectivity index (χ3v) is 4.92. The number of hydrogen-bond acceptors (Lipinski definition) is 6. The highest BCUT2D eigenvalue weighted by Crippen LogP contribution is 2.26. The number of hydrogen-bond donors (Lipinski definition) is 2. The molecule has 0 radical (unpaired) electrons. The maximum Gasteiger partial charge on any atom is 0.225 e. The molecule has 148 valence electrons. The van der Waals surface area contributed by atoms with Crippen molar-refractivity contribution < 1.29 is 4.39 Å². The van der Waals surface area contributed by atoms with Crippen LogP contribution < -0.4 is 16.4 Å². The summed E-state index contributed by atoms with van der Waals surface area (Å²) >= 11 is 0. The van der Waals surface area contributed by atoms with E-state index in [4.69, 9.17) is 16.5 Å². The molecule has 0 bridgehead atoms. The van der Waals surface area contributed by atoms with Gasteiger partial charge < -0.3 is 16.4 Å². The van der Waals surface area contributed by atoms with Crippen LogP contribution in [0.4, 0.5) is 16.0 Å². The number of anilines is 2. The van der Waals surface area contributed by atoms with Gasteiger partial charge in [0.2, 0.25) is 5.95 Å². The van der Waals surface area contributed by atoms with Gasteiger partial charge in [0.15, 0.2) is 0 Å². The zero-order chi connectivity index (χ0) is 20.4. The number of rotatable bonds is 2. The van der Waals surface area contributed by atoms with Crippen LogP contribution in [0.3, 0.4) is 0 Å². The molecule has 8 heteroatoms. The van der Waals surface area contributed by atoms with Crippen molar-refractivity contribution in [2.45, 2.75) is 18.9 Å². The summed E-state index contributed by atoms with van der Waals surface area (Å²) in [6, 6.07) is 4.86. The van der Waals surface area contributed by atoms with E-state index in [9.17, 15) is 4.39 Å². The lowest BCUT2D eigenvalue weighted by Gasteiger charge is -2.30. The smallest absolute Gasteiger partial charge is 0.225 e. The fraction of sp³-hybridized carbons (Fsp3) is 0.286. The summed E-state index contributed by atoms with van der Waals surface area (Å²) in [5.74, 6) is 6.26. The molecular weight excluding hydrogens is 369 g/mol. The number of benzene rings is 1. The Bertz CT molecular complexity index is 1090. The van der Waals surface area contributed by atoms with Gasteiger partial charge >= 0.3 is 0 Å². The number of aromatic nitrogens is 4. The highest BCUT2D eigenvalue weighted by Gasteiger charge is 2.20. The van der Waals surface area contributed by atoms with E-state index in [-0.39, 0.29) is 11.7 Å². The van der Waals surface area contributed by atoms with Crippen LogP contribution in [-0.2, 0) is 7.05 Å². The second kappa shape index (κ2) is 7.89. The summed E-state index contributed by atoms with van der Waals surface area (Å²) in [4.78, 5) is 11.3. The fourth-order valence-electron chi connectivity index (χ4n) is 3.24. The number of halogens is 1. The van der Waals surface area contributed by atoms with Crippen molar-refractivity contribution >= 4 is 11.6 Å². The van der Waals surface area contributed by atoms with Gasteiger partial charge in [0.25, 0.3) is 0 Å². The number of nitrogens with two attached hydrogens (primary N) is 2. The van der Waals surface area contributed by atoms with E-state index in [0.29, 0.717) is 22.8 Å². The molecule has 0 unspecified atom stereocenters. The minimum absolute atomic E-state index is 0.0936. The number of piperidine rings is 1. The first-order chi connectivity index (χ1) is 14.0. The van der Waals surface area contributed by atoms with Crippen molar-refractivity contribution in [3.63, 3.8) is 0 Å². The first kappa shape index (κ1) is 18.9. The molecular formula is C21H22FN7. The van der Waals surface area contributed by atoms with Crippen molar-refractivity contribution in [3.8, 4) is 23.1 Å². The van der Waals surface area contributed by atoms with Crippen LogP contribution >= 0.6 is 0 Å². The molecule has 0 spiro atoms. The van der Waals surface area contributed by atoms with E-state index in [2.05, 4.69) is 26.8 Å². The SMILES string of the molecule is Cn1cc(C#Cc2cnc(N3CCC(N)CC3)nc2-c2ccc(N)c(F)c2)cn1. The number of nitrogens with zero attached hydrogens (tertiary/aromatic N) is 5. The summed E-state index contributed by atoms with van der Waals surface area (Å²) in [6.07, 6.45) is 6.96. The van der Waals surface area contributed by atoms with E-state index >= 15 is 0 Å². The molecule has 0 aliphatic carbocycles. The Morgan fingerprint density at radius 3 is 2.66 bits per heavy atom. The lowest BCUT2D eigenvalue weighted by molar-refractivity contribution is 0.495. The van der Waals surface area contributed by atoms with Gasteiger partial charge in [0, 0.05) is 44.1 Å². The van der Waals surface area contributed by atoms with E-state index < -0.39 is 5.82 Å². The Morgan fingerprint density at radius 2 is 1.97 bits per heavy atom. The van der Waals surface area contributed by atoms with Gasteiger partial charge in [-0.15, -0.1) is 0 Å². The van der Waals surface area contributed by atoms with E-state index in [1.165, 1.54) is 12.1 Å². The monoisotopic (exact) mass is 391 g/mol. The standard InChI is InChI=1S/C21H22FN7/c1-28-13-14(11-26-28)2-3-16-12-25-21(29-8-6-17(23)7-9-29)27-20(16)15-4-5-19(24)18(22)10-15/h4-5,10-13,17H,6-9,23-24H2,1H3. The van der Waals surface area contributed by atoms with Crippen LogP contribution in [0.5, 0.6) is 0 Å². The van der Waals surface area contributed by atoms with E-state index in [1.54, 1.807) is 23.1 Å². The second-order valence-electron chi connectivity index (χ2n) is 7.15. The van der Waals surface area contributed by atoms with Gasteiger partial charge in [-0.1, -0.05) is 17.9 Å². The average Bonchev–Trinajstić information content (AvgIpc) is 3.14. The summed E-state index contributed by atoms with van der Waals surface area (Å²) in [6.45, 7) is 1.58. The Kier molecular flexibility index (Phi) is 5.14. The summed E-state index contributed by atoms with van der Waals surface area (Å²) in [5, 5.41) is 4.11. The largest absolute Gasteiger partial charge is 0.396 e. The second-order valence-corrected chi connectivity index (χ2v) is 7.15. The van der Waals surface area contributed by atoms with Crippen LogP contribution in [0.1, 0.15) is 24.0 Å². The van der Waals surface area contributed by atoms with Crippen molar-refractivity contribution in [2.75, 3.05) is 23.7 Å². The van der Waals surface area contributed by atoms with Crippen molar-refractivity contribution in [3.05, 3.63) is 53.7 Å². The number of nitrogen functional groups attached to an aromatic ring is 1. The molecule has 3 heterocycles. The van der Waals surface area contributed by atoms with Gasteiger partial charge in [-0.3, -0.25) is 4.68 Å². The molecule has 29 heavy (non-hydrogen) atoms. The third-order valence-electron chi connectivity index (χ3n) is 4.92. The van der Waals surface area contributed by atoms with Crippen LogP contribution in [0.15, 0.2) is 36.8 Å². The summed E-state index contributed by atoms with van der Waals surface area (Å²) < 4.78 is 15.8. The predicted molar refractivity (Wildman–Crippen MR) is 110 cm³/mol. The zero-order valence-corrected chi connectivity index (χ0v) is 16.1. The Hall–Kier alpha value is -3.44. The predicted octanol–water partition coefficient (Wildman–Crippen LogP) is 1.93. The normalized spacial score (nSPS) is 14.5. The van der Waals surface area contributed by atoms with Gasteiger partial charge in [-0.25, -0.2) is 14.4 Å². The molecule has 1 saturated heterocycles. The van der Waals surface area contributed by atoms with Gasteiger partial charge in [0.05, 0.1) is 28.7 Å².